The van der Waals surface area contributed by atoms with Gasteiger partial charge in [-0.15, -0.1) is 0 Å². The molecule has 0 N–H and O–H groups in total. The fraction of sp³-hybridized carbons (Fsp3) is 0.286. The number of carbonyl (C=O) groups excluding carboxylic acids is 1. The second-order valence-corrected chi connectivity index (χ2v) is 4.16. The molecule has 0 fully saturated rings. The van der Waals surface area contributed by atoms with Gasteiger partial charge in [-0.2, -0.15) is 5.10 Å². The number of halogens is 1. The molecular weight excluding hydrogens is 247 g/mol. The molecule has 2 aromatic rings. The third-order valence-electron chi connectivity index (χ3n) is 2.79. The van der Waals surface area contributed by atoms with Crippen molar-refractivity contribution in [2.45, 2.75) is 19.9 Å². The van der Waals surface area contributed by atoms with E-state index in [1.54, 1.807) is 16.9 Å². The molecular formula is C14H15FN2O2. The van der Waals surface area contributed by atoms with Crippen LogP contribution in [0.3, 0.4) is 0 Å². The van der Waals surface area contributed by atoms with Crippen LogP contribution in [-0.4, -0.2) is 23.2 Å². The van der Waals surface area contributed by atoms with Gasteiger partial charge in [0.15, 0.2) is 17.9 Å². The molecule has 0 atom stereocenters. The molecule has 0 saturated heterocycles. The summed E-state index contributed by atoms with van der Waals surface area (Å²) in [5, 5.41) is 4.32. The van der Waals surface area contributed by atoms with Crippen molar-refractivity contribution >= 4 is 6.29 Å². The van der Waals surface area contributed by atoms with E-state index in [-0.39, 0.29) is 5.75 Å². The molecule has 19 heavy (non-hydrogen) atoms. The number of hydrogen-bond acceptors (Lipinski definition) is 3. The number of methoxy groups -OCH3 is 1. The van der Waals surface area contributed by atoms with Crippen molar-refractivity contribution in [1.29, 1.82) is 0 Å². The number of aromatic nitrogens is 2. The lowest BCUT2D eigenvalue weighted by Gasteiger charge is -2.03. The number of aldehydes is 1. The maximum atomic E-state index is 13.7. The number of benzene rings is 1. The molecule has 1 aromatic carbocycles. The lowest BCUT2D eigenvalue weighted by molar-refractivity contribution is 0.112. The van der Waals surface area contributed by atoms with Crippen LogP contribution < -0.4 is 4.74 Å². The van der Waals surface area contributed by atoms with Crippen LogP contribution in [-0.2, 0) is 6.54 Å². The van der Waals surface area contributed by atoms with Gasteiger partial charge in [0.05, 0.1) is 12.7 Å². The fourth-order valence-electron chi connectivity index (χ4n) is 1.90. The van der Waals surface area contributed by atoms with Gasteiger partial charge < -0.3 is 4.74 Å². The number of nitrogens with zero attached hydrogens (tertiary/aromatic N) is 2. The summed E-state index contributed by atoms with van der Waals surface area (Å²) in [7, 11) is 1.41. The number of aryl methyl sites for hydroxylation is 1. The number of rotatable bonds is 5. The lowest BCUT2D eigenvalue weighted by atomic mass is 10.1. The first kappa shape index (κ1) is 13.3. The molecule has 0 aliphatic rings. The standard InChI is InChI=1S/C14H15FN2O2/c1-3-6-17-8-11(9-18)14(16-17)10-4-5-13(19-2)12(15)7-10/h4-5,7-9H,3,6H2,1-2H3. The van der Waals surface area contributed by atoms with Crippen molar-refractivity contribution in [3.05, 3.63) is 35.8 Å². The molecule has 0 unspecified atom stereocenters. The van der Waals surface area contributed by atoms with Crippen LogP contribution in [0.2, 0.25) is 0 Å². The van der Waals surface area contributed by atoms with Crippen LogP contribution in [0.1, 0.15) is 23.7 Å². The minimum Gasteiger partial charge on any atom is -0.494 e. The summed E-state index contributed by atoms with van der Waals surface area (Å²) in [6.45, 7) is 2.74. The first-order valence-corrected chi connectivity index (χ1v) is 6.06. The normalized spacial score (nSPS) is 10.5. The predicted octanol–water partition coefficient (Wildman–Crippen LogP) is 2.92. The number of ether oxygens (including phenoxy) is 1. The van der Waals surface area contributed by atoms with Crippen molar-refractivity contribution in [1.82, 2.24) is 9.78 Å². The molecule has 2 rings (SSSR count). The van der Waals surface area contributed by atoms with Crippen LogP contribution in [0.5, 0.6) is 5.75 Å². The summed E-state index contributed by atoms with van der Waals surface area (Å²) in [4.78, 5) is 11.1. The summed E-state index contributed by atoms with van der Waals surface area (Å²) in [5.41, 5.74) is 1.51. The quantitative estimate of drug-likeness (QED) is 0.778. The third kappa shape index (κ3) is 2.65. The predicted molar refractivity (Wildman–Crippen MR) is 69.9 cm³/mol. The van der Waals surface area contributed by atoms with Crippen molar-refractivity contribution in [3.63, 3.8) is 0 Å². The summed E-state index contributed by atoms with van der Waals surface area (Å²) in [6, 6.07) is 4.54. The van der Waals surface area contributed by atoms with Gasteiger partial charge in [-0.25, -0.2) is 4.39 Å². The molecule has 100 valence electrons. The SMILES string of the molecule is CCCn1cc(C=O)c(-c2ccc(OC)c(F)c2)n1. The Morgan fingerprint density at radius 1 is 1.47 bits per heavy atom. The smallest absolute Gasteiger partial charge is 0.165 e. The van der Waals surface area contributed by atoms with E-state index in [9.17, 15) is 9.18 Å². The molecule has 1 heterocycles. The topological polar surface area (TPSA) is 44.1 Å². The van der Waals surface area contributed by atoms with E-state index >= 15 is 0 Å². The highest BCUT2D eigenvalue weighted by Crippen LogP contribution is 2.26. The molecule has 1 aromatic heterocycles. The number of carbonyl (C=O) groups is 1. The van der Waals surface area contributed by atoms with Crippen LogP contribution >= 0.6 is 0 Å². The maximum Gasteiger partial charge on any atom is 0.165 e. The molecule has 5 heteroatoms. The molecule has 0 aliphatic heterocycles. The number of hydrogen-bond donors (Lipinski definition) is 0. The highest BCUT2D eigenvalue weighted by Gasteiger charge is 2.13. The second-order valence-electron chi connectivity index (χ2n) is 4.16. The molecule has 4 nitrogen and oxygen atoms in total. The van der Waals surface area contributed by atoms with E-state index in [0.717, 1.165) is 19.3 Å². The van der Waals surface area contributed by atoms with Gasteiger partial charge >= 0.3 is 0 Å². The molecule has 0 spiro atoms. The minimum atomic E-state index is -0.470. The van der Waals surface area contributed by atoms with Gasteiger partial charge in [-0.1, -0.05) is 6.92 Å². The second kappa shape index (κ2) is 5.65. The summed E-state index contributed by atoms with van der Waals surface area (Å²) in [5.74, 6) is -0.300. The van der Waals surface area contributed by atoms with Crippen molar-refractivity contribution < 1.29 is 13.9 Å². The van der Waals surface area contributed by atoms with Crippen LogP contribution in [0, 0.1) is 5.82 Å². The van der Waals surface area contributed by atoms with Crippen molar-refractivity contribution in [3.8, 4) is 17.0 Å². The molecule has 0 radical (unpaired) electrons. The Morgan fingerprint density at radius 3 is 2.84 bits per heavy atom. The fourth-order valence-corrected chi connectivity index (χ4v) is 1.90. The molecule has 0 bridgehead atoms. The summed E-state index contributed by atoms with van der Waals surface area (Å²) >= 11 is 0. The summed E-state index contributed by atoms with van der Waals surface area (Å²) in [6.07, 6.45) is 3.32. The van der Waals surface area contributed by atoms with E-state index < -0.39 is 5.82 Å². The average molecular weight is 262 g/mol. The Bertz CT molecular complexity index is 593. The van der Waals surface area contributed by atoms with Gasteiger partial charge in [0.1, 0.15) is 5.69 Å². The van der Waals surface area contributed by atoms with Crippen LogP contribution in [0.25, 0.3) is 11.3 Å². The first-order chi connectivity index (χ1) is 9.19. The van der Waals surface area contributed by atoms with E-state index in [2.05, 4.69) is 5.10 Å². The summed E-state index contributed by atoms with van der Waals surface area (Å²) < 4.78 is 20.2. The van der Waals surface area contributed by atoms with E-state index in [4.69, 9.17) is 4.74 Å². The monoisotopic (exact) mass is 262 g/mol. The van der Waals surface area contributed by atoms with Crippen molar-refractivity contribution in [2.24, 2.45) is 0 Å². The van der Waals surface area contributed by atoms with E-state index in [0.29, 0.717) is 16.8 Å². The molecule has 0 saturated carbocycles. The van der Waals surface area contributed by atoms with Crippen LogP contribution in [0.15, 0.2) is 24.4 Å². The Balaban J connectivity index is 2.45. The van der Waals surface area contributed by atoms with Gasteiger partial charge in [-0.3, -0.25) is 9.48 Å². The van der Waals surface area contributed by atoms with E-state index in [1.807, 2.05) is 6.92 Å². The average Bonchev–Trinajstić information content (AvgIpc) is 2.82. The van der Waals surface area contributed by atoms with Gasteiger partial charge in [0, 0.05) is 18.3 Å². The molecule has 0 aliphatic carbocycles. The third-order valence-corrected chi connectivity index (χ3v) is 2.79. The Hall–Kier alpha value is -2.17. The highest BCUT2D eigenvalue weighted by molar-refractivity contribution is 5.85. The van der Waals surface area contributed by atoms with Crippen molar-refractivity contribution in [2.75, 3.05) is 7.11 Å². The highest BCUT2D eigenvalue weighted by atomic mass is 19.1. The van der Waals surface area contributed by atoms with Gasteiger partial charge in [0.2, 0.25) is 0 Å². The molecule has 0 amide bonds. The van der Waals surface area contributed by atoms with Gasteiger partial charge in [-0.05, 0) is 24.6 Å². The lowest BCUT2D eigenvalue weighted by Crippen LogP contribution is -1.97. The van der Waals surface area contributed by atoms with E-state index in [1.165, 1.54) is 19.2 Å². The first-order valence-electron chi connectivity index (χ1n) is 6.06. The minimum absolute atomic E-state index is 0.171. The zero-order valence-corrected chi connectivity index (χ0v) is 10.9. The zero-order chi connectivity index (χ0) is 13.8. The Kier molecular flexibility index (Phi) is 3.94. The largest absolute Gasteiger partial charge is 0.494 e. The van der Waals surface area contributed by atoms with Crippen LogP contribution in [0.4, 0.5) is 4.39 Å². The maximum absolute atomic E-state index is 13.7. The Morgan fingerprint density at radius 2 is 2.26 bits per heavy atom. The van der Waals surface area contributed by atoms with Gasteiger partial charge in [0.25, 0.3) is 0 Å². The Labute approximate surface area is 110 Å². The zero-order valence-electron chi connectivity index (χ0n) is 10.9.